The third-order valence-corrected chi connectivity index (χ3v) is 3.20. The van der Waals surface area contributed by atoms with Gasteiger partial charge in [0, 0.05) is 31.1 Å². The fraction of sp³-hybridized carbons (Fsp3) is 0.400. The zero-order valence-electron chi connectivity index (χ0n) is 13.2. The van der Waals surface area contributed by atoms with Crippen molar-refractivity contribution in [3.63, 3.8) is 0 Å². The van der Waals surface area contributed by atoms with Gasteiger partial charge in [-0.2, -0.15) is 0 Å². The second-order valence-corrected chi connectivity index (χ2v) is 4.68. The number of nitrogens with two attached hydrogens (primary N) is 1. The number of rotatable bonds is 8. The third kappa shape index (κ3) is 4.96. The average Bonchev–Trinajstić information content (AvgIpc) is 2.53. The molecule has 126 valence electrons. The summed E-state index contributed by atoms with van der Waals surface area (Å²) in [5.41, 5.74) is 6.66. The van der Waals surface area contributed by atoms with Gasteiger partial charge in [0.1, 0.15) is 11.5 Å². The molecule has 1 aromatic rings. The second-order valence-electron chi connectivity index (χ2n) is 4.68. The van der Waals surface area contributed by atoms with E-state index in [2.05, 4.69) is 10.1 Å². The lowest BCUT2D eigenvalue weighted by atomic mass is 9.92. The lowest BCUT2D eigenvalue weighted by molar-refractivity contribution is -0.161. The van der Waals surface area contributed by atoms with Crippen LogP contribution >= 0.6 is 0 Å². The monoisotopic (exact) mass is 324 g/mol. The number of carbonyl (C=O) groups is 3. The molecule has 0 bridgehead atoms. The first kappa shape index (κ1) is 18.4. The van der Waals surface area contributed by atoms with Crippen LogP contribution in [0.1, 0.15) is 18.5 Å². The van der Waals surface area contributed by atoms with Crippen molar-refractivity contribution < 1.29 is 28.6 Å². The molecule has 0 radical (unpaired) electrons. The summed E-state index contributed by atoms with van der Waals surface area (Å²) < 4.78 is 14.9. The van der Waals surface area contributed by atoms with Gasteiger partial charge in [-0.3, -0.25) is 14.4 Å². The molecular weight excluding hydrogens is 304 g/mol. The van der Waals surface area contributed by atoms with Crippen LogP contribution in [-0.2, 0) is 19.1 Å². The van der Waals surface area contributed by atoms with E-state index in [-0.39, 0.29) is 6.54 Å². The van der Waals surface area contributed by atoms with Crippen molar-refractivity contribution in [2.24, 2.45) is 11.7 Å². The minimum Gasteiger partial charge on any atom is -0.497 e. The Bertz CT molecular complexity index is 575. The maximum atomic E-state index is 12.1. The summed E-state index contributed by atoms with van der Waals surface area (Å²) in [6.07, 6.45) is 0.437. The number of benzene rings is 1. The van der Waals surface area contributed by atoms with Crippen molar-refractivity contribution in [1.82, 2.24) is 5.32 Å². The first-order chi connectivity index (χ1) is 10.9. The van der Waals surface area contributed by atoms with Gasteiger partial charge in [0.05, 0.1) is 20.1 Å². The summed E-state index contributed by atoms with van der Waals surface area (Å²) in [7, 11) is 2.97. The normalized spacial score (nSPS) is 12.7. The number of ether oxygens (including phenoxy) is 3. The largest absolute Gasteiger partial charge is 0.497 e. The van der Waals surface area contributed by atoms with Crippen LogP contribution in [0.25, 0.3) is 0 Å². The highest BCUT2D eigenvalue weighted by Crippen LogP contribution is 2.32. The van der Waals surface area contributed by atoms with E-state index in [1.54, 1.807) is 18.2 Å². The van der Waals surface area contributed by atoms with E-state index in [1.165, 1.54) is 14.2 Å². The highest BCUT2D eigenvalue weighted by Gasteiger charge is 2.31. The number of amides is 1. The predicted molar refractivity (Wildman–Crippen MR) is 80.8 cm³/mol. The van der Waals surface area contributed by atoms with Crippen LogP contribution in [0.5, 0.6) is 11.5 Å². The first-order valence-corrected chi connectivity index (χ1v) is 6.81. The Morgan fingerprint density at radius 2 is 2.00 bits per heavy atom. The van der Waals surface area contributed by atoms with Crippen molar-refractivity contribution in [3.05, 3.63) is 23.8 Å². The van der Waals surface area contributed by atoms with E-state index >= 15 is 0 Å². The van der Waals surface area contributed by atoms with Crippen LogP contribution in [-0.4, -0.2) is 39.1 Å². The van der Waals surface area contributed by atoms with E-state index in [1.807, 2.05) is 0 Å². The molecule has 8 heteroatoms. The second kappa shape index (κ2) is 8.74. The number of nitrogens with one attached hydrogen (secondary N) is 1. The predicted octanol–water partition coefficient (Wildman–Crippen LogP) is 0.156. The summed E-state index contributed by atoms with van der Waals surface area (Å²) >= 11 is 0. The molecule has 0 spiro atoms. The van der Waals surface area contributed by atoms with Gasteiger partial charge in [0.25, 0.3) is 0 Å². The lowest BCUT2D eigenvalue weighted by Crippen LogP contribution is -2.38. The smallest absolute Gasteiger partial charge is 0.320 e. The van der Waals surface area contributed by atoms with Gasteiger partial charge in [-0.15, -0.1) is 0 Å². The summed E-state index contributed by atoms with van der Waals surface area (Å²) in [6, 6.07) is 4.08. The molecule has 3 N–H and O–H groups in total. The Hall–Kier alpha value is -2.61. The molecule has 2 unspecified atom stereocenters. The van der Waals surface area contributed by atoms with Crippen LogP contribution < -0.4 is 20.5 Å². The van der Waals surface area contributed by atoms with Crippen LogP contribution in [0.4, 0.5) is 0 Å². The van der Waals surface area contributed by atoms with Gasteiger partial charge in [-0.05, 0) is 6.07 Å². The lowest BCUT2D eigenvalue weighted by Gasteiger charge is -2.23. The van der Waals surface area contributed by atoms with Crippen molar-refractivity contribution >= 4 is 18.3 Å². The molecule has 0 aliphatic rings. The van der Waals surface area contributed by atoms with E-state index in [0.717, 1.165) is 6.92 Å². The van der Waals surface area contributed by atoms with Gasteiger partial charge in [0.2, 0.25) is 6.41 Å². The van der Waals surface area contributed by atoms with Gasteiger partial charge < -0.3 is 25.3 Å². The first-order valence-electron chi connectivity index (χ1n) is 6.81. The molecule has 0 saturated carbocycles. The fourth-order valence-electron chi connectivity index (χ4n) is 2.06. The number of methoxy groups -OCH3 is 2. The van der Waals surface area contributed by atoms with Gasteiger partial charge in [-0.25, -0.2) is 0 Å². The van der Waals surface area contributed by atoms with Crippen molar-refractivity contribution in [2.75, 3.05) is 20.8 Å². The molecule has 1 aromatic carbocycles. The Kier molecular flexibility index (Phi) is 7.01. The summed E-state index contributed by atoms with van der Waals surface area (Å²) in [5, 5.41) is 2.38. The molecule has 1 amide bonds. The minimum atomic E-state index is -0.952. The van der Waals surface area contributed by atoms with Crippen LogP contribution in [0.15, 0.2) is 18.2 Å². The fourth-order valence-corrected chi connectivity index (χ4v) is 2.06. The average molecular weight is 324 g/mol. The molecule has 1 rings (SSSR count). The van der Waals surface area contributed by atoms with E-state index in [0.29, 0.717) is 23.5 Å². The topological polar surface area (TPSA) is 117 Å². The van der Waals surface area contributed by atoms with Crippen LogP contribution in [0, 0.1) is 5.92 Å². The number of hydrogen-bond donors (Lipinski definition) is 2. The number of carbonyl (C=O) groups excluding carboxylic acids is 3. The Morgan fingerprint density at radius 1 is 1.30 bits per heavy atom. The molecular formula is C15H20N2O6. The molecule has 8 nitrogen and oxygen atoms in total. The molecule has 0 aliphatic carbocycles. The standard InChI is InChI=1S/C15H20N2O6/c1-9(19)23-15(20)12(7-17-8-18)14(16)11-5-4-10(21-2)6-13(11)22-3/h4-6,8,12,14H,7,16H2,1-3H3,(H,17,18). The van der Waals surface area contributed by atoms with E-state index < -0.39 is 23.9 Å². The number of hydrogen-bond acceptors (Lipinski definition) is 7. The SMILES string of the molecule is COc1ccc(C(N)C(CNC=O)C(=O)OC(C)=O)c(OC)c1. The third-order valence-electron chi connectivity index (χ3n) is 3.20. The summed E-state index contributed by atoms with van der Waals surface area (Å²) in [6.45, 7) is 1.04. The molecule has 0 aromatic heterocycles. The quantitative estimate of drug-likeness (QED) is 0.397. The maximum Gasteiger partial charge on any atom is 0.320 e. The molecule has 0 aliphatic heterocycles. The van der Waals surface area contributed by atoms with Gasteiger partial charge in [-0.1, -0.05) is 6.07 Å². The van der Waals surface area contributed by atoms with Crippen molar-refractivity contribution in [2.45, 2.75) is 13.0 Å². The molecule has 0 heterocycles. The minimum absolute atomic E-state index is 0.0774. The van der Waals surface area contributed by atoms with Crippen molar-refractivity contribution in [1.29, 1.82) is 0 Å². The molecule has 0 saturated heterocycles. The van der Waals surface area contributed by atoms with Gasteiger partial charge in [0.15, 0.2) is 0 Å². The summed E-state index contributed by atoms with van der Waals surface area (Å²) in [4.78, 5) is 33.5. The highest BCUT2D eigenvalue weighted by atomic mass is 16.6. The molecule has 2 atom stereocenters. The zero-order valence-corrected chi connectivity index (χ0v) is 13.2. The van der Waals surface area contributed by atoms with E-state index in [9.17, 15) is 14.4 Å². The molecule has 23 heavy (non-hydrogen) atoms. The number of esters is 2. The summed E-state index contributed by atoms with van der Waals surface area (Å²) in [5.74, 6) is -1.54. The van der Waals surface area contributed by atoms with Crippen LogP contribution in [0.3, 0.4) is 0 Å². The Labute approximate surface area is 133 Å². The maximum absolute atomic E-state index is 12.1. The van der Waals surface area contributed by atoms with Crippen LogP contribution in [0.2, 0.25) is 0 Å². The van der Waals surface area contributed by atoms with Crippen molar-refractivity contribution in [3.8, 4) is 11.5 Å². The highest BCUT2D eigenvalue weighted by molar-refractivity contribution is 5.86. The van der Waals surface area contributed by atoms with E-state index in [4.69, 9.17) is 15.2 Å². The molecule has 0 fully saturated rings. The Balaban J connectivity index is 3.12. The zero-order chi connectivity index (χ0) is 17.4. The van der Waals surface area contributed by atoms with Gasteiger partial charge >= 0.3 is 11.9 Å². The Morgan fingerprint density at radius 3 is 2.52 bits per heavy atom.